The smallest absolute Gasteiger partial charge is 0.254 e. The molecule has 0 saturated heterocycles. The topological polar surface area (TPSA) is 20.3 Å². The van der Waals surface area contributed by atoms with Gasteiger partial charge in [0.15, 0.2) is 0 Å². The first-order valence-electron chi connectivity index (χ1n) is 6.36. The monoisotopic (exact) mass is 331 g/mol. The lowest BCUT2D eigenvalue weighted by Crippen LogP contribution is -2.44. The van der Waals surface area contributed by atoms with E-state index in [-0.39, 0.29) is 22.3 Å². The summed E-state index contributed by atoms with van der Waals surface area (Å²) in [6, 6.07) is 3.00. The van der Waals surface area contributed by atoms with Crippen LogP contribution in [0.2, 0.25) is 0 Å². The minimum Gasteiger partial charge on any atom is -0.338 e. The molecule has 1 saturated carbocycles. The molecule has 1 aliphatic rings. The van der Waals surface area contributed by atoms with E-state index < -0.39 is 11.6 Å². The van der Waals surface area contributed by atoms with Gasteiger partial charge >= 0.3 is 0 Å². The van der Waals surface area contributed by atoms with Crippen LogP contribution in [0.15, 0.2) is 18.2 Å². The van der Waals surface area contributed by atoms with Crippen LogP contribution < -0.4 is 0 Å². The van der Waals surface area contributed by atoms with Crippen molar-refractivity contribution in [2.45, 2.75) is 36.6 Å². The highest BCUT2D eigenvalue weighted by Crippen LogP contribution is 2.28. The number of benzene rings is 1. The molecule has 19 heavy (non-hydrogen) atoms. The summed E-state index contributed by atoms with van der Waals surface area (Å²) < 4.78 is 26.3. The van der Waals surface area contributed by atoms with Gasteiger partial charge in [-0.3, -0.25) is 4.79 Å². The minimum absolute atomic E-state index is 0.0604. The Morgan fingerprint density at radius 3 is 2.37 bits per heavy atom. The van der Waals surface area contributed by atoms with Gasteiger partial charge in [0.25, 0.3) is 5.91 Å². The number of amides is 1. The SMILES string of the molecule is CN(C(=O)c1cc(F)cc(F)c1)C1CCCCC1Br. The van der Waals surface area contributed by atoms with E-state index in [0.29, 0.717) is 0 Å². The molecular weight excluding hydrogens is 316 g/mol. The molecule has 2 nitrogen and oxygen atoms in total. The third-order valence-corrected chi connectivity index (χ3v) is 4.64. The zero-order valence-electron chi connectivity index (χ0n) is 10.7. The van der Waals surface area contributed by atoms with Crippen LogP contribution in [0.4, 0.5) is 8.78 Å². The van der Waals surface area contributed by atoms with Crippen molar-refractivity contribution in [2.24, 2.45) is 0 Å². The summed E-state index contributed by atoms with van der Waals surface area (Å²) >= 11 is 3.58. The molecule has 1 fully saturated rings. The van der Waals surface area contributed by atoms with Gasteiger partial charge in [0.1, 0.15) is 11.6 Å². The van der Waals surface area contributed by atoms with E-state index in [1.54, 1.807) is 11.9 Å². The summed E-state index contributed by atoms with van der Waals surface area (Å²) in [5.74, 6) is -1.79. The molecule has 0 aromatic heterocycles. The normalized spacial score (nSPS) is 23.2. The molecule has 1 aliphatic carbocycles. The molecule has 0 radical (unpaired) electrons. The van der Waals surface area contributed by atoms with Gasteiger partial charge in [-0.1, -0.05) is 28.8 Å². The predicted molar refractivity (Wildman–Crippen MR) is 73.4 cm³/mol. The average Bonchev–Trinajstić information content (AvgIpc) is 2.36. The molecule has 2 atom stereocenters. The molecule has 1 aromatic carbocycles. The Balaban J connectivity index is 2.18. The van der Waals surface area contributed by atoms with Gasteiger partial charge in [-0.2, -0.15) is 0 Å². The van der Waals surface area contributed by atoms with Crippen molar-refractivity contribution in [3.05, 3.63) is 35.4 Å². The van der Waals surface area contributed by atoms with Crippen LogP contribution >= 0.6 is 15.9 Å². The van der Waals surface area contributed by atoms with Crippen LogP contribution in [-0.4, -0.2) is 28.7 Å². The van der Waals surface area contributed by atoms with Gasteiger partial charge < -0.3 is 4.90 Å². The Kier molecular flexibility index (Phi) is 4.55. The lowest BCUT2D eigenvalue weighted by atomic mass is 9.94. The molecule has 0 N–H and O–H groups in total. The zero-order chi connectivity index (χ0) is 14.0. The van der Waals surface area contributed by atoms with Gasteiger partial charge in [-0.05, 0) is 25.0 Å². The molecule has 2 unspecified atom stereocenters. The van der Waals surface area contributed by atoms with E-state index in [9.17, 15) is 13.6 Å². The van der Waals surface area contributed by atoms with Crippen molar-refractivity contribution in [1.82, 2.24) is 4.90 Å². The van der Waals surface area contributed by atoms with E-state index in [1.165, 1.54) is 0 Å². The number of rotatable bonds is 2. The number of hydrogen-bond donors (Lipinski definition) is 0. The second-order valence-corrected chi connectivity index (χ2v) is 6.12. The van der Waals surface area contributed by atoms with Crippen LogP contribution in [0.5, 0.6) is 0 Å². The molecule has 0 spiro atoms. The fourth-order valence-corrected chi connectivity index (χ4v) is 3.48. The number of alkyl halides is 1. The highest BCUT2D eigenvalue weighted by Gasteiger charge is 2.29. The van der Waals surface area contributed by atoms with Crippen molar-refractivity contribution in [1.29, 1.82) is 0 Å². The van der Waals surface area contributed by atoms with E-state index in [1.807, 2.05) is 0 Å². The van der Waals surface area contributed by atoms with E-state index in [0.717, 1.165) is 43.9 Å². The summed E-state index contributed by atoms with van der Waals surface area (Å²) in [4.78, 5) is 14.1. The Bertz CT molecular complexity index is 460. The van der Waals surface area contributed by atoms with Gasteiger partial charge in [-0.25, -0.2) is 8.78 Å². The molecule has 0 heterocycles. The molecule has 5 heteroatoms. The van der Waals surface area contributed by atoms with E-state index in [2.05, 4.69) is 15.9 Å². The van der Waals surface area contributed by atoms with Crippen molar-refractivity contribution >= 4 is 21.8 Å². The van der Waals surface area contributed by atoms with Crippen LogP contribution in [0.1, 0.15) is 36.0 Å². The first-order chi connectivity index (χ1) is 8.99. The molecule has 2 rings (SSSR count). The molecule has 104 valence electrons. The number of carbonyl (C=O) groups excluding carboxylic acids is 1. The number of carbonyl (C=O) groups is 1. The largest absolute Gasteiger partial charge is 0.338 e. The van der Waals surface area contributed by atoms with Crippen LogP contribution in [0.25, 0.3) is 0 Å². The second-order valence-electron chi connectivity index (χ2n) is 4.94. The standard InChI is InChI=1S/C14H16BrF2NO/c1-18(13-5-3-2-4-12(13)15)14(19)9-6-10(16)8-11(17)7-9/h6-8,12-13H,2-5H2,1H3. The third-order valence-electron chi connectivity index (χ3n) is 3.57. The molecule has 0 aliphatic heterocycles. The summed E-state index contributed by atoms with van der Waals surface area (Å²) in [6.45, 7) is 0. The molecule has 0 bridgehead atoms. The number of hydrogen-bond acceptors (Lipinski definition) is 1. The lowest BCUT2D eigenvalue weighted by Gasteiger charge is -2.35. The number of halogens is 3. The van der Waals surface area contributed by atoms with Gasteiger partial charge in [0.2, 0.25) is 0 Å². The summed E-state index contributed by atoms with van der Waals surface area (Å²) in [7, 11) is 1.69. The highest BCUT2D eigenvalue weighted by molar-refractivity contribution is 9.09. The summed E-state index contributed by atoms with van der Waals surface area (Å²) in [5.41, 5.74) is 0.0604. The van der Waals surface area contributed by atoms with Gasteiger partial charge in [0.05, 0.1) is 0 Å². The fraction of sp³-hybridized carbons (Fsp3) is 0.500. The quantitative estimate of drug-likeness (QED) is 0.756. The number of nitrogens with zero attached hydrogens (tertiary/aromatic N) is 1. The summed E-state index contributed by atoms with van der Waals surface area (Å²) in [5, 5.41) is 0. The van der Waals surface area contributed by atoms with Crippen molar-refractivity contribution in [2.75, 3.05) is 7.05 Å². The van der Waals surface area contributed by atoms with Crippen molar-refractivity contribution in [3.63, 3.8) is 0 Å². The van der Waals surface area contributed by atoms with Gasteiger partial charge in [0, 0.05) is 29.5 Å². The Morgan fingerprint density at radius 1 is 1.21 bits per heavy atom. The molecule has 1 aromatic rings. The van der Waals surface area contributed by atoms with Gasteiger partial charge in [-0.15, -0.1) is 0 Å². The van der Waals surface area contributed by atoms with Crippen molar-refractivity contribution < 1.29 is 13.6 Å². The molecular formula is C14H16BrF2NO. The minimum atomic E-state index is -0.726. The van der Waals surface area contributed by atoms with E-state index in [4.69, 9.17) is 0 Å². The lowest BCUT2D eigenvalue weighted by molar-refractivity contribution is 0.0703. The predicted octanol–water partition coefficient (Wildman–Crippen LogP) is 3.74. The zero-order valence-corrected chi connectivity index (χ0v) is 12.3. The first kappa shape index (κ1) is 14.4. The highest BCUT2D eigenvalue weighted by atomic mass is 79.9. The molecule has 1 amide bonds. The Hall–Kier alpha value is -0.970. The Morgan fingerprint density at radius 2 is 1.79 bits per heavy atom. The summed E-state index contributed by atoms with van der Waals surface area (Å²) in [6.07, 6.45) is 4.14. The van der Waals surface area contributed by atoms with E-state index >= 15 is 0 Å². The van der Waals surface area contributed by atoms with Crippen molar-refractivity contribution in [3.8, 4) is 0 Å². The maximum atomic E-state index is 13.2. The first-order valence-corrected chi connectivity index (χ1v) is 7.28. The maximum absolute atomic E-state index is 13.2. The fourth-order valence-electron chi connectivity index (χ4n) is 2.53. The van der Waals surface area contributed by atoms with Crippen LogP contribution in [-0.2, 0) is 0 Å². The Labute approximate surface area is 119 Å². The third kappa shape index (κ3) is 3.32. The maximum Gasteiger partial charge on any atom is 0.254 e. The van der Waals surface area contributed by atoms with Crippen LogP contribution in [0.3, 0.4) is 0 Å². The average molecular weight is 332 g/mol. The second kappa shape index (κ2) is 5.99. The van der Waals surface area contributed by atoms with Crippen LogP contribution in [0, 0.1) is 11.6 Å².